The van der Waals surface area contributed by atoms with Gasteiger partial charge < -0.3 is 24.3 Å². The van der Waals surface area contributed by atoms with Crippen molar-refractivity contribution in [1.29, 1.82) is 0 Å². The fourth-order valence-corrected chi connectivity index (χ4v) is 2.51. The molecule has 0 bridgehead atoms. The van der Waals surface area contributed by atoms with E-state index in [1.807, 2.05) is 0 Å². The van der Waals surface area contributed by atoms with Crippen LogP contribution in [0.25, 0.3) is 0 Å². The molecule has 1 saturated heterocycles. The molecule has 1 amide bonds. The van der Waals surface area contributed by atoms with Gasteiger partial charge in [-0.1, -0.05) is 6.58 Å². The van der Waals surface area contributed by atoms with Gasteiger partial charge in [-0.05, 0) is 0 Å². The summed E-state index contributed by atoms with van der Waals surface area (Å²) in [7, 11) is 0. The summed E-state index contributed by atoms with van der Waals surface area (Å²) >= 11 is 0. The lowest BCUT2D eigenvalue weighted by molar-refractivity contribution is -0.288. The largest absolute Gasteiger partial charge is 0.463 e. The highest BCUT2D eigenvalue weighted by atomic mass is 16.8. The Hall–Kier alpha value is -2.66. The van der Waals surface area contributed by atoms with E-state index in [0.717, 1.165) is 13.8 Å². The zero-order valence-electron chi connectivity index (χ0n) is 15.6. The molecule has 1 aliphatic rings. The predicted molar refractivity (Wildman–Crippen MR) is 88.4 cm³/mol. The Kier molecular flexibility index (Phi) is 8.69. The molecule has 0 aromatic rings. The van der Waals surface area contributed by atoms with Crippen LogP contribution in [0.4, 0.5) is 0 Å². The second-order valence-electron chi connectivity index (χ2n) is 5.66. The molecule has 1 rings (SSSR count). The van der Waals surface area contributed by atoms with Gasteiger partial charge in [0, 0.05) is 33.9 Å². The van der Waals surface area contributed by atoms with Gasteiger partial charge >= 0.3 is 17.9 Å². The Labute approximate surface area is 156 Å². The predicted octanol–water partition coefficient (Wildman–Crippen LogP) is -0.693. The molecule has 11 heteroatoms. The van der Waals surface area contributed by atoms with Crippen molar-refractivity contribution >= 4 is 23.8 Å². The molecule has 0 spiro atoms. The molecule has 1 fully saturated rings. The van der Waals surface area contributed by atoms with E-state index in [9.17, 15) is 19.2 Å². The van der Waals surface area contributed by atoms with Crippen LogP contribution in [0.15, 0.2) is 12.8 Å². The van der Waals surface area contributed by atoms with Gasteiger partial charge in [-0.25, -0.2) is 4.84 Å². The summed E-state index contributed by atoms with van der Waals surface area (Å²) in [6, 6.07) is -1.03. The summed E-state index contributed by atoms with van der Waals surface area (Å²) < 4.78 is 21.1. The van der Waals surface area contributed by atoms with E-state index in [2.05, 4.69) is 17.4 Å². The number of carbonyl (C=O) groups is 4. The molecule has 1 aliphatic heterocycles. The summed E-state index contributed by atoms with van der Waals surface area (Å²) in [5.74, 6) is -2.42. The van der Waals surface area contributed by atoms with Gasteiger partial charge in [0.15, 0.2) is 12.2 Å². The maximum absolute atomic E-state index is 11.6. The molecule has 0 aromatic heterocycles. The van der Waals surface area contributed by atoms with E-state index in [1.54, 1.807) is 0 Å². The van der Waals surface area contributed by atoms with E-state index >= 15 is 0 Å². The van der Waals surface area contributed by atoms with Crippen molar-refractivity contribution in [3.05, 3.63) is 12.8 Å². The quantitative estimate of drug-likeness (QED) is 0.312. The van der Waals surface area contributed by atoms with Crippen molar-refractivity contribution in [2.24, 2.45) is 0 Å². The minimum Gasteiger partial charge on any atom is -0.463 e. The molecule has 0 aromatic carbocycles. The highest BCUT2D eigenvalue weighted by Crippen LogP contribution is 2.27. The second-order valence-corrected chi connectivity index (χ2v) is 5.66. The maximum Gasteiger partial charge on any atom is 0.303 e. The molecular weight excluding hydrogens is 364 g/mol. The molecule has 152 valence electrons. The van der Waals surface area contributed by atoms with E-state index in [-0.39, 0.29) is 6.61 Å². The zero-order chi connectivity index (χ0) is 20.6. The molecule has 27 heavy (non-hydrogen) atoms. The first-order valence-corrected chi connectivity index (χ1v) is 8.08. The highest BCUT2D eigenvalue weighted by Gasteiger charge is 2.51. The molecule has 0 aliphatic carbocycles. The van der Waals surface area contributed by atoms with Crippen LogP contribution in [0, 0.1) is 0 Å². The van der Waals surface area contributed by atoms with Crippen molar-refractivity contribution in [1.82, 2.24) is 10.8 Å². The average molecular weight is 388 g/mol. The van der Waals surface area contributed by atoms with Crippen LogP contribution in [0.3, 0.4) is 0 Å². The molecule has 1 heterocycles. The molecule has 2 N–H and O–H groups in total. The molecule has 0 radical (unpaired) electrons. The van der Waals surface area contributed by atoms with Gasteiger partial charge in [0.25, 0.3) is 0 Å². The lowest BCUT2D eigenvalue weighted by Gasteiger charge is -2.44. The normalized spacial score (nSPS) is 27.0. The highest BCUT2D eigenvalue weighted by molar-refractivity contribution is 5.73. The monoisotopic (exact) mass is 388 g/mol. The van der Waals surface area contributed by atoms with Crippen LogP contribution in [-0.2, 0) is 43.0 Å². The first-order valence-electron chi connectivity index (χ1n) is 8.08. The van der Waals surface area contributed by atoms with Crippen LogP contribution in [0.2, 0.25) is 0 Å². The lowest BCUT2D eigenvalue weighted by Crippen LogP contribution is -2.67. The third kappa shape index (κ3) is 7.23. The van der Waals surface area contributed by atoms with Crippen LogP contribution < -0.4 is 10.8 Å². The minimum absolute atomic E-state index is 0.300. The van der Waals surface area contributed by atoms with Gasteiger partial charge in [-0.3, -0.25) is 24.7 Å². The zero-order valence-corrected chi connectivity index (χ0v) is 15.6. The van der Waals surface area contributed by atoms with E-state index in [0.29, 0.717) is 0 Å². The minimum atomic E-state index is -1.18. The van der Waals surface area contributed by atoms with Crippen molar-refractivity contribution in [3.63, 3.8) is 0 Å². The molecule has 5 unspecified atom stereocenters. The maximum atomic E-state index is 11.6. The van der Waals surface area contributed by atoms with Crippen molar-refractivity contribution in [2.75, 3.05) is 6.61 Å². The Morgan fingerprint density at radius 2 is 1.59 bits per heavy atom. The number of carbonyl (C=O) groups excluding carboxylic acids is 4. The van der Waals surface area contributed by atoms with Crippen molar-refractivity contribution < 1.29 is 43.0 Å². The number of amides is 1. The van der Waals surface area contributed by atoms with Crippen LogP contribution >= 0.6 is 0 Å². The van der Waals surface area contributed by atoms with Gasteiger partial charge in [0.1, 0.15) is 18.8 Å². The van der Waals surface area contributed by atoms with Gasteiger partial charge in [0.05, 0.1) is 0 Å². The van der Waals surface area contributed by atoms with Gasteiger partial charge in [-0.15, -0.1) is 0 Å². The molecule has 11 nitrogen and oxygen atoms in total. The first kappa shape index (κ1) is 22.4. The number of nitrogens with one attached hydrogen (secondary N) is 2. The first-order chi connectivity index (χ1) is 12.6. The number of esters is 3. The average Bonchev–Trinajstić information content (AvgIpc) is 2.54. The number of rotatable bonds is 8. The van der Waals surface area contributed by atoms with E-state index in [1.165, 1.54) is 20.0 Å². The van der Waals surface area contributed by atoms with Crippen LogP contribution in [0.5, 0.6) is 0 Å². The van der Waals surface area contributed by atoms with E-state index in [4.69, 9.17) is 23.8 Å². The summed E-state index contributed by atoms with van der Waals surface area (Å²) in [6.45, 7) is 7.88. The lowest BCUT2D eigenvalue weighted by atomic mass is 9.96. The summed E-state index contributed by atoms with van der Waals surface area (Å²) in [5.41, 5.74) is 2.37. The smallest absolute Gasteiger partial charge is 0.303 e. The van der Waals surface area contributed by atoms with E-state index < -0.39 is 54.5 Å². The Balaban J connectivity index is 3.24. The summed E-state index contributed by atoms with van der Waals surface area (Å²) in [4.78, 5) is 51.2. The summed E-state index contributed by atoms with van der Waals surface area (Å²) in [5, 5.41) is 2.55. The fourth-order valence-electron chi connectivity index (χ4n) is 2.51. The number of ether oxygens (including phenoxy) is 4. The Bertz CT molecular complexity index is 580. The Morgan fingerprint density at radius 3 is 2.07 bits per heavy atom. The third-order valence-electron chi connectivity index (χ3n) is 3.34. The number of hydrogen-bond donors (Lipinski definition) is 2. The third-order valence-corrected chi connectivity index (χ3v) is 3.34. The molecular formula is C16H24N2O9. The summed E-state index contributed by atoms with van der Waals surface area (Å²) in [6.07, 6.45) is -3.31. The Morgan fingerprint density at radius 1 is 1.00 bits per heavy atom. The van der Waals surface area contributed by atoms with Gasteiger partial charge in [0.2, 0.25) is 12.2 Å². The van der Waals surface area contributed by atoms with Crippen LogP contribution in [0.1, 0.15) is 27.7 Å². The van der Waals surface area contributed by atoms with Crippen LogP contribution in [-0.4, -0.2) is 61.1 Å². The molecule has 5 atom stereocenters. The topological polar surface area (TPSA) is 138 Å². The molecule has 0 saturated carbocycles. The number of hydrogen-bond acceptors (Lipinski definition) is 10. The SMILES string of the molecule is C=CNOC1OC(COC(C)=O)C(OC(C)=O)C(OC(C)=O)C1NC(C)=O. The van der Waals surface area contributed by atoms with Crippen molar-refractivity contribution in [2.45, 2.75) is 58.3 Å². The standard InChI is InChI=1S/C16H24N2O9/c1-6-17-27-16-13(18-8(2)19)15(25-11(5)22)14(24-10(4)21)12(26-16)7-23-9(3)20/h6,12-17H,1,7H2,2-5H3,(H,18,19). The second kappa shape index (κ2) is 10.5. The number of hydroxylamine groups is 1. The van der Waals surface area contributed by atoms with Crippen molar-refractivity contribution in [3.8, 4) is 0 Å². The fraction of sp³-hybridized carbons (Fsp3) is 0.625. The van der Waals surface area contributed by atoms with Gasteiger partial charge in [-0.2, -0.15) is 0 Å².